The summed E-state index contributed by atoms with van der Waals surface area (Å²) in [4.78, 5) is 11.9. The van der Waals surface area contributed by atoms with Crippen LogP contribution in [0.3, 0.4) is 0 Å². The summed E-state index contributed by atoms with van der Waals surface area (Å²) in [6, 6.07) is 8.66. The van der Waals surface area contributed by atoms with Gasteiger partial charge in [0.2, 0.25) is 11.5 Å². The van der Waals surface area contributed by atoms with Gasteiger partial charge in [-0.2, -0.15) is 0 Å². The molecule has 0 bridgehead atoms. The van der Waals surface area contributed by atoms with Crippen molar-refractivity contribution in [3.05, 3.63) is 62.2 Å². The van der Waals surface area contributed by atoms with Crippen molar-refractivity contribution in [1.82, 2.24) is 20.9 Å². The molecule has 0 saturated heterocycles. The van der Waals surface area contributed by atoms with Crippen LogP contribution in [0.15, 0.2) is 35.0 Å². The van der Waals surface area contributed by atoms with E-state index in [1.54, 1.807) is 37.4 Å². The molecule has 1 aromatic heterocycles. The Morgan fingerprint density at radius 1 is 1.06 bits per heavy atom. The van der Waals surface area contributed by atoms with Gasteiger partial charge >= 0.3 is 0 Å². The van der Waals surface area contributed by atoms with Crippen LogP contribution in [-0.4, -0.2) is 36.4 Å². The van der Waals surface area contributed by atoms with Crippen LogP contribution in [-0.2, 0) is 13.2 Å². The van der Waals surface area contributed by atoms with Crippen LogP contribution < -0.4 is 25.8 Å². The molecular formula is C20H20Cl3N5O4. The lowest BCUT2D eigenvalue weighted by Gasteiger charge is -2.15. The molecule has 3 aromatic rings. The Morgan fingerprint density at radius 2 is 1.84 bits per heavy atom. The number of nitrogens with zero attached hydrogens (tertiary/aromatic N) is 2. The fourth-order valence-corrected chi connectivity index (χ4v) is 3.39. The Hall–Kier alpha value is -2.72. The molecule has 4 N–H and O–H groups in total. The number of hydrogen-bond donors (Lipinski definition) is 3. The van der Waals surface area contributed by atoms with Crippen LogP contribution in [0.5, 0.6) is 11.5 Å². The number of halogens is 3. The number of aromatic nitrogens is 2. The number of nitrogens with two attached hydrogens (primary N) is 1. The highest BCUT2D eigenvalue weighted by molar-refractivity contribution is 6.35. The van der Waals surface area contributed by atoms with Crippen molar-refractivity contribution in [3.8, 4) is 11.5 Å². The maximum Gasteiger partial charge on any atom is 0.277 e. The minimum absolute atomic E-state index is 0.0479. The first-order valence-electron chi connectivity index (χ1n) is 9.39. The zero-order valence-electron chi connectivity index (χ0n) is 17.0. The molecular weight excluding hydrogens is 481 g/mol. The number of nitrogens with one attached hydrogen (secondary N) is 2. The number of rotatable bonds is 10. The van der Waals surface area contributed by atoms with E-state index in [0.29, 0.717) is 46.2 Å². The highest BCUT2D eigenvalue weighted by atomic mass is 35.5. The number of carbonyl (C=O) groups is 1. The fourth-order valence-electron chi connectivity index (χ4n) is 2.70. The number of ether oxygens (including phenoxy) is 2. The van der Waals surface area contributed by atoms with Gasteiger partial charge in [0.15, 0.2) is 11.5 Å². The summed E-state index contributed by atoms with van der Waals surface area (Å²) in [6.45, 7) is 1.49. The molecule has 0 fully saturated rings. The van der Waals surface area contributed by atoms with E-state index in [9.17, 15) is 4.79 Å². The van der Waals surface area contributed by atoms with Crippen molar-refractivity contribution >= 4 is 46.5 Å². The van der Waals surface area contributed by atoms with Crippen molar-refractivity contribution in [2.75, 3.05) is 25.9 Å². The van der Waals surface area contributed by atoms with E-state index in [-0.39, 0.29) is 18.1 Å². The Morgan fingerprint density at radius 3 is 2.53 bits per heavy atom. The number of amides is 1. The van der Waals surface area contributed by atoms with E-state index in [2.05, 4.69) is 25.6 Å². The molecule has 0 saturated carbocycles. The maximum atomic E-state index is 11.9. The first-order valence-corrected chi connectivity index (χ1v) is 10.5. The minimum Gasteiger partial charge on any atom is -0.493 e. The summed E-state index contributed by atoms with van der Waals surface area (Å²) in [7, 11) is 1.54. The normalized spacial score (nSPS) is 10.8. The monoisotopic (exact) mass is 499 g/mol. The molecule has 9 nitrogen and oxygen atoms in total. The molecule has 32 heavy (non-hydrogen) atoms. The van der Waals surface area contributed by atoms with Gasteiger partial charge in [0.1, 0.15) is 6.61 Å². The lowest BCUT2D eigenvalue weighted by molar-refractivity contribution is 0.0944. The molecule has 0 spiro atoms. The third-order valence-electron chi connectivity index (χ3n) is 4.36. The van der Waals surface area contributed by atoms with Crippen molar-refractivity contribution in [3.63, 3.8) is 0 Å². The van der Waals surface area contributed by atoms with E-state index in [1.807, 2.05) is 0 Å². The molecule has 0 aliphatic rings. The van der Waals surface area contributed by atoms with Gasteiger partial charge in [-0.25, -0.2) is 4.63 Å². The molecule has 1 amide bonds. The third kappa shape index (κ3) is 6.17. The zero-order valence-corrected chi connectivity index (χ0v) is 19.2. The predicted molar refractivity (Wildman–Crippen MR) is 122 cm³/mol. The average molecular weight is 501 g/mol. The Balaban J connectivity index is 1.52. The maximum absolute atomic E-state index is 11.9. The molecule has 3 rings (SSSR count). The van der Waals surface area contributed by atoms with E-state index < -0.39 is 5.91 Å². The standard InChI is InChI=1S/C20H20Cl3N5O4/c1-30-16-6-12(9-25-4-5-26-20(29)18-19(24)28-32-27-18)15(23)8-17(16)31-10-11-2-3-13(21)7-14(11)22/h2-3,6-8,25H,4-5,9-10H2,1H3,(H2,24,28)(H,26,29). The number of anilines is 1. The second-order valence-electron chi connectivity index (χ2n) is 6.55. The van der Waals surface area contributed by atoms with Crippen LogP contribution in [0.4, 0.5) is 5.82 Å². The third-order valence-corrected chi connectivity index (χ3v) is 5.30. The fraction of sp³-hybridized carbons (Fsp3) is 0.250. The number of carbonyl (C=O) groups excluding carboxylic acids is 1. The topological polar surface area (TPSA) is 125 Å². The summed E-state index contributed by atoms with van der Waals surface area (Å²) < 4.78 is 15.7. The zero-order chi connectivity index (χ0) is 23.1. The van der Waals surface area contributed by atoms with Gasteiger partial charge in [-0.15, -0.1) is 0 Å². The summed E-state index contributed by atoms with van der Waals surface area (Å²) in [6.07, 6.45) is 0. The largest absolute Gasteiger partial charge is 0.493 e. The number of benzene rings is 2. The molecule has 12 heteroatoms. The number of nitrogen functional groups attached to an aromatic ring is 1. The molecule has 0 unspecified atom stereocenters. The molecule has 1 heterocycles. The minimum atomic E-state index is -0.465. The highest BCUT2D eigenvalue weighted by Crippen LogP contribution is 2.34. The molecule has 0 aliphatic carbocycles. The van der Waals surface area contributed by atoms with Crippen molar-refractivity contribution < 1.29 is 18.9 Å². The molecule has 2 aromatic carbocycles. The van der Waals surface area contributed by atoms with Crippen LogP contribution in [0, 0.1) is 0 Å². The summed E-state index contributed by atoms with van der Waals surface area (Å²) in [5.41, 5.74) is 7.02. The number of methoxy groups -OCH3 is 1. The average Bonchev–Trinajstić information content (AvgIpc) is 3.19. The Bertz CT molecular complexity index is 1090. The molecule has 170 valence electrons. The summed E-state index contributed by atoms with van der Waals surface area (Å²) in [5.74, 6) is 0.486. The van der Waals surface area contributed by atoms with Gasteiger partial charge in [-0.1, -0.05) is 40.9 Å². The second kappa shape index (κ2) is 11.2. The van der Waals surface area contributed by atoms with Crippen molar-refractivity contribution in [2.45, 2.75) is 13.2 Å². The number of hydrogen-bond acceptors (Lipinski definition) is 8. The quantitative estimate of drug-likeness (QED) is 0.360. The lowest BCUT2D eigenvalue weighted by Crippen LogP contribution is -2.32. The first kappa shape index (κ1) is 23.9. The van der Waals surface area contributed by atoms with Gasteiger partial charge in [0.25, 0.3) is 5.91 Å². The van der Waals surface area contributed by atoms with E-state index in [1.165, 1.54) is 0 Å². The lowest BCUT2D eigenvalue weighted by atomic mass is 10.2. The Kier molecular flexibility index (Phi) is 8.40. The van der Waals surface area contributed by atoms with Gasteiger partial charge in [-0.05, 0) is 34.1 Å². The van der Waals surface area contributed by atoms with Gasteiger partial charge < -0.3 is 25.8 Å². The highest BCUT2D eigenvalue weighted by Gasteiger charge is 2.15. The summed E-state index contributed by atoms with van der Waals surface area (Å²) >= 11 is 18.5. The van der Waals surface area contributed by atoms with E-state index >= 15 is 0 Å². The smallest absolute Gasteiger partial charge is 0.277 e. The SMILES string of the molecule is COc1cc(CNCCNC(=O)c2nonc2N)c(Cl)cc1OCc1ccc(Cl)cc1Cl. The van der Waals surface area contributed by atoms with Crippen LogP contribution in [0.2, 0.25) is 15.1 Å². The first-order chi connectivity index (χ1) is 15.4. The van der Waals surface area contributed by atoms with Crippen molar-refractivity contribution in [2.24, 2.45) is 0 Å². The van der Waals surface area contributed by atoms with Gasteiger partial charge in [0.05, 0.1) is 7.11 Å². The van der Waals surface area contributed by atoms with Crippen LogP contribution >= 0.6 is 34.8 Å². The summed E-state index contributed by atoms with van der Waals surface area (Å²) in [5, 5.41) is 14.2. The van der Waals surface area contributed by atoms with Crippen molar-refractivity contribution in [1.29, 1.82) is 0 Å². The van der Waals surface area contributed by atoms with E-state index in [4.69, 9.17) is 50.0 Å². The predicted octanol–water partition coefficient (Wildman–Crippen LogP) is 3.72. The van der Waals surface area contributed by atoms with E-state index in [0.717, 1.165) is 11.1 Å². The van der Waals surface area contributed by atoms with Gasteiger partial charge in [-0.3, -0.25) is 4.79 Å². The van der Waals surface area contributed by atoms with Gasteiger partial charge in [0, 0.05) is 46.3 Å². The second-order valence-corrected chi connectivity index (χ2v) is 7.80. The Labute approximate surface area is 199 Å². The molecule has 0 atom stereocenters. The molecule has 0 radical (unpaired) electrons. The van der Waals surface area contributed by atoms with Crippen LogP contribution in [0.1, 0.15) is 21.6 Å². The van der Waals surface area contributed by atoms with Crippen LogP contribution in [0.25, 0.3) is 0 Å². The molecule has 0 aliphatic heterocycles.